The van der Waals surface area contributed by atoms with Crippen molar-refractivity contribution in [3.05, 3.63) is 158 Å². The zero-order valence-electron chi connectivity index (χ0n) is 25.3. The van der Waals surface area contributed by atoms with Crippen LogP contribution < -0.4 is 0 Å². The average molecular weight is 615 g/mol. The van der Waals surface area contributed by atoms with Crippen LogP contribution in [0.2, 0.25) is 0 Å². The van der Waals surface area contributed by atoms with Crippen LogP contribution in [0.15, 0.2) is 158 Å². The van der Waals surface area contributed by atoms with Crippen molar-refractivity contribution in [2.75, 3.05) is 0 Å². The number of thiophene rings is 1. The SMILES string of the molecule is c1ccc2cc(-n3c4ccccc4c4ccc5c6ccc7c8ccccc8n(-c8ccc9ccccc9c8)c7c6sc5c43)ccc2c1. The molecule has 0 aliphatic rings. The third kappa shape index (κ3) is 3.44. The predicted octanol–water partition coefficient (Wildman–Crippen LogP) is 12.6. The number of hydrogen-bond donors (Lipinski definition) is 0. The molecule has 0 N–H and O–H groups in total. The van der Waals surface area contributed by atoms with Gasteiger partial charge in [-0.05, 0) is 57.9 Å². The molecule has 8 aromatic carbocycles. The third-order valence-electron chi connectivity index (χ3n) is 10.1. The van der Waals surface area contributed by atoms with Crippen LogP contribution in [-0.2, 0) is 0 Å². The van der Waals surface area contributed by atoms with Crippen molar-refractivity contribution in [3.63, 3.8) is 0 Å². The molecular formula is C44H26N2S. The Bertz CT molecular complexity index is 2870. The van der Waals surface area contributed by atoms with E-state index < -0.39 is 0 Å². The minimum absolute atomic E-state index is 1.19. The fraction of sp³-hybridized carbons (Fsp3) is 0. The van der Waals surface area contributed by atoms with Gasteiger partial charge in [0.15, 0.2) is 0 Å². The molecule has 0 atom stereocenters. The van der Waals surface area contributed by atoms with Crippen molar-refractivity contribution in [3.8, 4) is 11.4 Å². The Labute approximate surface area is 273 Å². The van der Waals surface area contributed by atoms with Crippen molar-refractivity contribution < 1.29 is 0 Å². The van der Waals surface area contributed by atoms with E-state index in [4.69, 9.17) is 0 Å². The Kier molecular flexibility index (Phi) is 5.02. The zero-order chi connectivity index (χ0) is 30.6. The molecular weight excluding hydrogens is 589 g/mol. The molecule has 11 rings (SSSR count). The van der Waals surface area contributed by atoms with E-state index in [2.05, 4.69) is 167 Å². The van der Waals surface area contributed by atoms with Crippen molar-refractivity contribution in [1.29, 1.82) is 0 Å². The van der Waals surface area contributed by atoms with Crippen LogP contribution in [0.3, 0.4) is 0 Å². The molecule has 0 unspecified atom stereocenters. The Balaban J connectivity index is 1.30. The summed E-state index contributed by atoms with van der Waals surface area (Å²) in [5, 5.41) is 12.8. The Morgan fingerprint density at radius 2 is 0.723 bits per heavy atom. The summed E-state index contributed by atoms with van der Waals surface area (Å²) in [5.74, 6) is 0. The molecule has 0 saturated heterocycles. The minimum atomic E-state index is 1.19. The van der Waals surface area contributed by atoms with E-state index in [1.807, 2.05) is 11.3 Å². The molecule has 3 heteroatoms. The van der Waals surface area contributed by atoms with Gasteiger partial charge in [0, 0.05) is 43.7 Å². The largest absolute Gasteiger partial charge is 0.308 e. The first-order valence-corrected chi connectivity index (χ1v) is 16.9. The maximum absolute atomic E-state index is 2.49. The van der Waals surface area contributed by atoms with Crippen LogP contribution >= 0.6 is 11.3 Å². The summed E-state index contributed by atoms with van der Waals surface area (Å²) >= 11 is 1.93. The lowest BCUT2D eigenvalue weighted by atomic mass is 10.1. The van der Waals surface area contributed by atoms with Gasteiger partial charge in [0.05, 0.1) is 31.5 Å². The molecule has 2 nitrogen and oxygen atoms in total. The highest BCUT2D eigenvalue weighted by Gasteiger charge is 2.21. The van der Waals surface area contributed by atoms with Gasteiger partial charge in [-0.3, -0.25) is 0 Å². The first-order valence-electron chi connectivity index (χ1n) is 16.1. The molecule has 0 saturated carbocycles. The summed E-state index contributed by atoms with van der Waals surface area (Å²) in [6.45, 7) is 0. The topological polar surface area (TPSA) is 9.86 Å². The van der Waals surface area contributed by atoms with Crippen LogP contribution in [0.4, 0.5) is 0 Å². The van der Waals surface area contributed by atoms with Crippen molar-refractivity contribution in [1.82, 2.24) is 9.13 Å². The van der Waals surface area contributed by atoms with Crippen LogP contribution in [-0.4, -0.2) is 9.13 Å². The molecule has 0 radical (unpaired) electrons. The van der Waals surface area contributed by atoms with Crippen LogP contribution in [0.5, 0.6) is 0 Å². The molecule has 0 amide bonds. The van der Waals surface area contributed by atoms with E-state index in [1.165, 1.54) is 96.7 Å². The van der Waals surface area contributed by atoms with E-state index >= 15 is 0 Å². The highest BCUT2D eigenvalue weighted by Crippen LogP contribution is 2.47. The van der Waals surface area contributed by atoms with Gasteiger partial charge in [0.25, 0.3) is 0 Å². The van der Waals surface area contributed by atoms with Crippen molar-refractivity contribution in [2.45, 2.75) is 0 Å². The van der Waals surface area contributed by atoms with Gasteiger partial charge in [-0.25, -0.2) is 0 Å². The second-order valence-corrected chi connectivity index (χ2v) is 13.6. The van der Waals surface area contributed by atoms with Gasteiger partial charge >= 0.3 is 0 Å². The second kappa shape index (κ2) is 9.32. The lowest BCUT2D eigenvalue weighted by molar-refractivity contribution is 1.19. The summed E-state index contributed by atoms with van der Waals surface area (Å²) in [6, 6.07) is 58.1. The maximum Gasteiger partial charge on any atom is 0.0719 e. The molecule has 0 bridgehead atoms. The number of nitrogens with zero attached hydrogens (tertiary/aromatic N) is 2. The van der Waals surface area contributed by atoms with Crippen molar-refractivity contribution >= 4 is 96.7 Å². The highest BCUT2D eigenvalue weighted by molar-refractivity contribution is 7.27. The summed E-state index contributed by atoms with van der Waals surface area (Å²) in [5.41, 5.74) is 7.41. The van der Waals surface area contributed by atoms with Crippen LogP contribution in [0, 0.1) is 0 Å². The summed E-state index contributed by atoms with van der Waals surface area (Å²) in [6.07, 6.45) is 0. The lowest BCUT2D eigenvalue weighted by Crippen LogP contribution is -1.93. The molecule has 0 aliphatic carbocycles. The monoisotopic (exact) mass is 614 g/mol. The maximum atomic E-state index is 2.49. The van der Waals surface area contributed by atoms with Gasteiger partial charge in [-0.2, -0.15) is 0 Å². The smallest absolute Gasteiger partial charge is 0.0719 e. The van der Waals surface area contributed by atoms with Gasteiger partial charge < -0.3 is 9.13 Å². The quantitative estimate of drug-likeness (QED) is 0.183. The fourth-order valence-electron chi connectivity index (χ4n) is 7.96. The van der Waals surface area contributed by atoms with Crippen LogP contribution in [0.25, 0.3) is 96.7 Å². The Morgan fingerprint density at radius 3 is 1.21 bits per heavy atom. The van der Waals surface area contributed by atoms with Crippen LogP contribution in [0.1, 0.15) is 0 Å². The first-order chi connectivity index (χ1) is 23.3. The van der Waals surface area contributed by atoms with E-state index in [9.17, 15) is 0 Å². The minimum Gasteiger partial charge on any atom is -0.308 e. The van der Waals surface area contributed by atoms with E-state index in [0.29, 0.717) is 0 Å². The van der Waals surface area contributed by atoms with E-state index in [-0.39, 0.29) is 0 Å². The van der Waals surface area contributed by atoms with Crippen molar-refractivity contribution in [2.24, 2.45) is 0 Å². The molecule has 0 aliphatic heterocycles. The number of aromatic nitrogens is 2. The number of para-hydroxylation sites is 2. The third-order valence-corrected chi connectivity index (χ3v) is 11.3. The van der Waals surface area contributed by atoms with E-state index in [1.54, 1.807) is 0 Å². The summed E-state index contributed by atoms with van der Waals surface area (Å²) in [4.78, 5) is 0. The second-order valence-electron chi connectivity index (χ2n) is 12.5. The number of fused-ring (bicyclic) bond motifs is 13. The first kappa shape index (κ1) is 25.3. The lowest BCUT2D eigenvalue weighted by Gasteiger charge is -2.10. The molecule has 218 valence electrons. The summed E-state index contributed by atoms with van der Waals surface area (Å²) < 4.78 is 7.63. The molecule has 0 spiro atoms. The molecule has 11 aromatic rings. The highest BCUT2D eigenvalue weighted by atomic mass is 32.1. The number of rotatable bonds is 2. The van der Waals surface area contributed by atoms with Gasteiger partial charge in [-0.15, -0.1) is 11.3 Å². The average Bonchev–Trinajstić information content (AvgIpc) is 3.79. The molecule has 47 heavy (non-hydrogen) atoms. The zero-order valence-corrected chi connectivity index (χ0v) is 26.1. The number of hydrogen-bond acceptors (Lipinski definition) is 1. The fourth-order valence-corrected chi connectivity index (χ4v) is 9.33. The molecule has 3 heterocycles. The molecule has 0 fully saturated rings. The predicted molar refractivity (Wildman–Crippen MR) is 203 cm³/mol. The van der Waals surface area contributed by atoms with E-state index in [0.717, 1.165) is 0 Å². The Morgan fingerprint density at radius 1 is 0.319 bits per heavy atom. The van der Waals surface area contributed by atoms with Gasteiger partial charge in [-0.1, -0.05) is 121 Å². The Hall–Kier alpha value is -5.90. The normalized spacial score (nSPS) is 12.3. The molecule has 3 aromatic heterocycles. The van der Waals surface area contributed by atoms with Gasteiger partial charge in [0.1, 0.15) is 0 Å². The number of benzene rings is 8. The summed E-state index contributed by atoms with van der Waals surface area (Å²) in [7, 11) is 0. The van der Waals surface area contributed by atoms with Gasteiger partial charge in [0.2, 0.25) is 0 Å². The standard InChI is InChI=1S/C44H26N2S/c1-3-11-29-25-31(19-17-27(29)9-1)45-39-15-7-5-13-33(39)35-21-23-37-38-24-22-36-34-14-6-8-16-40(34)46(42(36)44(38)47-43(37)41(35)45)32-20-18-28-10-2-4-12-30(28)26-32/h1-26H.